The predicted molar refractivity (Wildman–Crippen MR) is 78.0 cm³/mol. The maximum atomic E-state index is 13.3. The molecule has 0 unspecified atom stereocenters. The standard InChI is InChI=1S/C4H9F2O13PS4.Li.H/c1-21(8,9)17-20(7,18-22(2,10)11)19-24(15,16)4(5,6)3-23(12,13)14;;/h3H2,1-2H3,(H,12,13,14);;. The number of alkyl halides is 2. The quantitative estimate of drug-likeness (QED) is 0.225. The van der Waals surface area contributed by atoms with E-state index in [1.807, 2.05) is 0 Å². The van der Waals surface area contributed by atoms with Gasteiger partial charge in [0.15, 0.2) is 5.75 Å². The van der Waals surface area contributed by atoms with Crippen molar-refractivity contribution in [2.75, 3.05) is 18.3 Å². The Labute approximate surface area is 153 Å². The molecule has 1 N–H and O–H groups in total. The van der Waals surface area contributed by atoms with Crippen molar-refractivity contribution in [3.8, 4) is 0 Å². The minimum atomic E-state index is -6.61. The fraction of sp³-hybridized carbons (Fsp3) is 1.00. The van der Waals surface area contributed by atoms with Gasteiger partial charge in [-0.25, -0.2) is 4.57 Å². The molecular formula is C4H10F2LiO13PS4. The third-order valence-electron chi connectivity index (χ3n) is 1.36. The van der Waals surface area contributed by atoms with Gasteiger partial charge in [-0.2, -0.15) is 54.4 Å². The van der Waals surface area contributed by atoms with Crippen molar-refractivity contribution in [2.24, 2.45) is 0 Å². The van der Waals surface area contributed by atoms with E-state index in [2.05, 4.69) is 11.9 Å². The van der Waals surface area contributed by atoms with Gasteiger partial charge in [0.1, 0.15) is 0 Å². The van der Waals surface area contributed by atoms with Crippen LogP contribution in [0.2, 0.25) is 0 Å². The van der Waals surface area contributed by atoms with Crippen LogP contribution in [0.3, 0.4) is 0 Å². The van der Waals surface area contributed by atoms with E-state index in [0.717, 1.165) is 0 Å². The normalized spacial score (nSPS) is 14.8. The van der Waals surface area contributed by atoms with Crippen LogP contribution in [0.4, 0.5) is 8.78 Å². The average molecular weight is 470 g/mol. The molecule has 148 valence electrons. The molecule has 0 saturated carbocycles. The molecule has 0 rings (SSSR count). The summed E-state index contributed by atoms with van der Waals surface area (Å²) >= 11 is 0. The minimum absolute atomic E-state index is 0. The van der Waals surface area contributed by atoms with Crippen molar-refractivity contribution in [1.82, 2.24) is 0 Å². The molecule has 0 aromatic rings. The van der Waals surface area contributed by atoms with E-state index in [0.29, 0.717) is 0 Å². The summed E-state index contributed by atoms with van der Waals surface area (Å²) in [6, 6.07) is 0. The SMILES string of the molecule is CS(=O)(=O)OP(=O)(OS(C)(=O)=O)OS(=O)(=O)C(F)(F)CS(=O)(=O)O.[LiH]. The van der Waals surface area contributed by atoms with Gasteiger partial charge in [0, 0.05) is 0 Å². The average Bonchev–Trinajstić information content (AvgIpc) is 2.01. The van der Waals surface area contributed by atoms with E-state index < -0.39 is 59.3 Å². The van der Waals surface area contributed by atoms with Gasteiger partial charge < -0.3 is 0 Å². The molecule has 0 aliphatic carbocycles. The molecular weight excluding hydrogens is 460 g/mol. The Morgan fingerprint density at radius 1 is 0.880 bits per heavy atom. The summed E-state index contributed by atoms with van der Waals surface area (Å²) in [6.45, 7) is 0. The zero-order valence-corrected chi connectivity index (χ0v) is 15.5. The molecule has 0 atom stereocenters. The van der Waals surface area contributed by atoms with Gasteiger partial charge in [-0.15, -0.1) is 0 Å². The number of rotatable bonds is 9. The first-order valence-electron chi connectivity index (χ1n) is 4.79. The summed E-state index contributed by atoms with van der Waals surface area (Å²) in [6.07, 6.45) is 0.217. The topological polar surface area (TPSA) is 202 Å². The van der Waals surface area contributed by atoms with E-state index in [1.165, 1.54) is 0 Å². The summed E-state index contributed by atoms with van der Waals surface area (Å²) < 4.78 is 143. The Kier molecular flexibility index (Phi) is 8.97. The van der Waals surface area contributed by atoms with Gasteiger partial charge >= 0.3 is 42.1 Å². The molecule has 0 aliphatic rings. The number of hydrogen-bond donors (Lipinski definition) is 1. The Balaban J connectivity index is 0. The van der Waals surface area contributed by atoms with E-state index >= 15 is 0 Å². The van der Waals surface area contributed by atoms with Crippen LogP contribution in [0.5, 0.6) is 0 Å². The van der Waals surface area contributed by atoms with Crippen LogP contribution in [0.15, 0.2) is 0 Å². The van der Waals surface area contributed by atoms with Crippen LogP contribution in [0.1, 0.15) is 0 Å². The van der Waals surface area contributed by atoms with Crippen molar-refractivity contribution in [2.45, 2.75) is 5.25 Å². The van der Waals surface area contributed by atoms with Gasteiger partial charge in [0.2, 0.25) is 0 Å². The monoisotopic (exact) mass is 470 g/mol. The molecule has 0 heterocycles. The Morgan fingerprint density at radius 3 is 1.44 bits per heavy atom. The molecule has 0 aromatic carbocycles. The van der Waals surface area contributed by atoms with Crippen molar-refractivity contribution < 1.29 is 63.5 Å². The molecule has 0 amide bonds. The van der Waals surface area contributed by atoms with Gasteiger partial charge in [-0.05, 0) is 0 Å². The van der Waals surface area contributed by atoms with Crippen molar-refractivity contribution >= 4 is 67.2 Å². The van der Waals surface area contributed by atoms with Crippen molar-refractivity contribution in [3.05, 3.63) is 0 Å². The summed E-state index contributed by atoms with van der Waals surface area (Å²) in [7, 11) is -28.4. The summed E-state index contributed by atoms with van der Waals surface area (Å²) in [5, 5.41) is -5.47. The second-order valence-electron chi connectivity index (χ2n) is 3.90. The number of phosphoric acid groups is 1. The van der Waals surface area contributed by atoms with Gasteiger partial charge in [-0.1, -0.05) is 0 Å². The molecule has 0 radical (unpaired) electrons. The first kappa shape index (κ1) is 27.5. The zero-order valence-electron chi connectivity index (χ0n) is 11.4. The molecule has 0 aliphatic heterocycles. The molecule has 0 spiro atoms. The van der Waals surface area contributed by atoms with Crippen molar-refractivity contribution in [3.63, 3.8) is 0 Å². The van der Waals surface area contributed by atoms with E-state index in [-0.39, 0.29) is 31.4 Å². The van der Waals surface area contributed by atoms with Crippen LogP contribution in [-0.2, 0) is 56.9 Å². The summed E-state index contributed by atoms with van der Waals surface area (Å²) in [5.41, 5.74) is 0. The Hall–Kier alpha value is 0.327. The second-order valence-corrected chi connectivity index (χ2v) is 12.4. The van der Waals surface area contributed by atoms with E-state index in [4.69, 9.17) is 4.55 Å². The van der Waals surface area contributed by atoms with Crippen LogP contribution in [0, 0.1) is 0 Å². The second kappa shape index (κ2) is 8.14. The Morgan fingerprint density at radius 2 is 1.20 bits per heavy atom. The molecule has 21 heteroatoms. The third-order valence-corrected chi connectivity index (χ3v) is 8.29. The van der Waals surface area contributed by atoms with E-state index in [1.54, 1.807) is 0 Å². The predicted octanol–water partition coefficient (Wildman–Crippen LogP) is -1.77. The molecule has 13 nitrogen and oxygen atoms in total. The zero-order chi connectivity index (χ0) is 19.8. The molecule has 0 bridgehead atoms. The van der Waals surface area contributed by atoms with Gasteiger partial charge in [0.25, 0.3) is 30.4 Å². The van der Waals surface area contributed by atoms with Crippen LogP contribution in [-0.4, -0.2) is 80.6 Å². The number of hydrogen-bond acceptors (Lipinski definition) is 12. The van der Waals surface area contributed by atoms with Gasteiger partial charge in [0.05, 0.1) is 12.5 Å². The molecule has 0 aromatic heterocycles. The third kappa shape index (κ3) is 10.9. The van der Waals surface area contributed by atoms with Crippen LogP contribution >= 0.6 is 7.82 Å². The maximum absolute atomic E-state index is 13.3. The fourth-order valence-electron chi connectivity index (χ4n) is 0.828. The molecule has 0 saturated heterocycles. The number of halogens is 2. The summed E-state index contributed by atoms with van der Waals surface area (Å²) in [4.78, 5) is 0. The van der Waals surface area contributed by atoms with E-state index in [9.17, 15) is 47.0 Å². The first-order valence-corrected chi connectivity index (χ1v) is 12.9. The van der Waals surface area contributed by atoms with Crippen LogP contribution < -0.4 is 0 Å². The fourth-order valence-corrected chi connectivity index (χ4v) is 7.30. The first-order chi connectivity index (χ1) is 10.1. The van der Waals surface area contributed by atoms with Crippen LogP contribution in [0.25, 0.3) is 0 Å². The van der Waals surface area contributed by atoms with Gasteiger partial charge in [-0.3, -0.25) is 4.55 Å². The molecule has 25 heavy (non-hydrogen) atoms. The molecule has 0 fully saturated rings. The summed E-state index contributed by atoms with van der Waals surface area (Å²) in [5.74, 6) is -2.78. The van der Waals surface area contributed by atoms with Crippen molar-refractivity contribution in [1.29, 1.82) is 0 Å². The Bertz CT molecular complexity index is 909.